The van der Waals surface area contributed by atoms with Crippen molar-refractivity contribution in [2.75, 3.05) is 13.2 Å². The summed E-state index contributed by atoms with van der Waals surface area (Å²) >= 11 is 0. The summed E-state index contributed by atoms with van der Waals surface area (Å²) < 4.78 is 10.2. The topological polar surface area (TPSA) is 67.9 Å². The van der Waals surface area contributed by atoms with Crippen LogP contribution in [-0.2, 0) is 20.9 Å². The Bertz CT molecular complexity index is 518. The summed E-state index contributed by atoms with van der Waals surface area (Å²) in [6, 6.07) is 8.90. The molecule has 1 atom stereocenters. The van der Waals surface area contributed by atoms with Gasteiger partial charge in [-0.25, -0.2) is 15.2 Å². The molecule has 0 aliphatic carbocycles. The van der Waals surface area contributed by atoms with Gasteiger partial charge in [0.05, 0.1) is 0 Å². The van der Waals surface area contributed by atoms with Gasteiger partial charge in [-0.2, -0.15) is 0 Å². The summed E-state index contributed by atoms with van der Waals surface area (Å²) in [7, 11) is 0. The number of carbonyl (C=O) groups excluding carboxylic acids is 2. The summed E-state index contributed by atoms with van der Waals surface area (Å²) in [5.74, 6) is -0.388. The third-order valence-electron chi connectivity index (χ3n) is 3.24. The molecule has 1 aromatic carbocycles. The predicted molar refractivity (Wildman–Crippen MR) is 80.6 cm³/mol. The Labute approximate surface area is 129 Å². The van der Waals surface area contributed by atoms with E-state index in [1.54, 1.807) is 0 Å². The highest BCUT2D eigenvalue weighted by atomic mass is 16.6. The van der Waals surface area contributed by atoms with Crippen molar-refractivity contribution >= 4 is 12.1 Å². The van der Waals surface area contributed by atoms with Crippen molar-refractivity contribution in [2.24, 2.45) is 0 Å². The number of esters is 1. The van der Waals surface area contributed by atoms with Gasteiger partial charge in [0.25, 0.3) is 0 Å². The molecule has 1 fully saturated rings. The SMILES string of the molecule is C=CCOC(=O)[C@@H]1CCCN(C(=O)OCc2ccccc2)N1. The Balaban J connectivity index is 1.82. The van der Waals surface area contributed by atoms with E-state index in [0.29, 0.717) is 19.4 Å². The Morgan fingerprint density at radius 3 is 2.82 bits per heavy atom. The van der Waals surface area contributed by atoms with Crippen LogP contribution in [0.4, 0.5) is 4.79 Å². The van der Waals surface area contributed by atoms with E-state index < -0.39 is 12.1 Å². The molecule has 2 rings (SSSR count). The van der Waals surface area contributed by atoms with Gasteiger partial charge < -0.3 is 9.47 Å². The number of nitrogens with one attached hydrogen (secondary N) is 1. The molecule has 1 aliphatic rings. The molecule has 0 radical (unpaired) electrons. The quantitative estimate of drug-likeness (QED) is 0.666. The van der Waals surface area contributed by atoms with Crippen LogP contribution in [0, 0.1) is 0 Å². The Morgan fingerprint density at radius 2 is 2.09 bits per heavy atom. The largest absolute Gasteiger partial charge is 0.460 e. The Kier molecular flexibility index (Phi) is 5.97. The van der Waals surface area contributed by atoms with E-state index in [1.807, 2.05) is 30.3 Å². The number of ether oxygens (including phenoxy) is 2. The smallest absolute Gasteiger partial charge is 0.424 e. The van der Waals surface area contributed by atoms with E-state index in [2.05, 4.69) is 12.0 Å². The van der Waals surface area contributed by atoms with Crippen LogP contribution in [-0.4, -0.2) is 36.3 Å². The molecule has 0 spiro atoms. The second-order valence-corrected chi connectivity index (χ2v) is 4.93. The van der Waals surface area contributed by atoms with Gasteiger partial charge in [-0.1, -0.05) is 43.0 Å². The first kappa shape index (κ1) is 16.0. The number of carbonyl (C=O) groups is 2. The van der Waals surface area contributed by atoms with Gasteiger partial charge in [0.2, 0.25) is 0 Å². The zero-order valence-corrected chi connectivity index (χ0v) is 12.4. The van der Waals surface area contributed by atoms with Gasteiger partial charge in [0, 0.05) is 6.54 Å². The van der Waals surface area contributed by atoms with E-state index in [4.69, 9.17) is 9.47 Å². The lowest BCUT2D eigenvalue weighted by Crippen LogP contribution is -2.55. The number of hydrazine groups is 1. The molecule has 1 aliphatic heterocycles. The highest BCUT2D eigenvalue weighted by Crippen LogP contribution is 2.11. The van der Waals surface area contributed by atoms with Crippen molar-refractivity contribution in [1.82, 2.24) is 10.4 Å². The molecule has 0 unspecified atom stereocenters. The average Bonchev–Trinajstić information content (AvgIpc) is 2.58. The monoisotopic (exact) mass is 304 g/mol. The maximum atomic E-state index is 12.0. The summed E-state index contributed by atoms with van der Waals surface area (Å²) in [6.45, 7) is 4.35. The number of hydrogen-bond donors (Lipinski definition) is 1. The van der Waals surface area contributed by atoms with Gasteiger partial charge >= 0.3 is 12.1 Å². The van der Waals surface area contributed by atoms with Crippen molar-refractivity contribution in [3.05, 3.63) is 48.6 Å². The minimum Gasteiger partial charge on any atom is -0.460 e. The number of rotatable bonds is 5. The van der Waals surface area contributed by atoms with Crippen LogP contribution in [0.1, 0.15) is 18.4 Å². The number of hydrogen-bond acceptors (Lipinski definition) is 5. The second-order valence-electron chi connectivity index (χ2n) is 4.93. The van der Waals surface area contributed by atoms with Crippen LogP contribution in [0.2, 0.25) is 0 Å². The van der Waals surface area contributed by atoms with Crippen LogP contribution in [0.15, 0.2) is 43.0 Å². The maximum Gasteiger partial charge on any atom is 0.424 e. The minimum absolute atomic E-state index is 0.162. The molecule has 22 heavy (non-hydrogen) atoms. The molecule has 1 saturated heterocycles. The van der Waals surface area contributed by atoms with E-state index in [-0.39, 0.29) is 19.2 Å². The van der Waals surface area contributed by atoms with Crippen molar-refractivity contribution in [3.63, 3.8) is 0 Å². The molecule has 6 nitrogen and oxygen atoms in total. The molecule has 1 heterocycles. The summed E-state index contributed by atoms with van der Waals surface area (Å²) in [5.41, 5.74) is 3.76. The van der Waals surface area contributed by atoms with Crippen molar-refractivity contribution in [1.29, 1.82) is 0 Å². The first-order valence-corrected chi connectivity index (χ1v) is 7.22. The molecule has 1 N–H and O–H groups in total. The normalized spacial score (nSPS) is 17.6. The van der Waals surface area contributed by atoms with E-state index in [9.17, 15) is 9.59 Å². The third kappa shape index (κ3) is 4.60. The maximum absolute atomic E-state index is 12.0. The molecule has 1 aromatic rings. The minimum atomic E-state index is -0.530. The molecular formula is C16H20N2O4. The van der Waals surface area contributed by atoms with E-state index >= 15 is 0 Å². The Hall–Kier alpha value is -2.34. The average molecular weight is 304 g/mol. The summed E-state index contributed by atoms with van der Waals surface area (Å²) in [6.07, 6.45) is 2.34. The Morgan fingerprint density at radius 1 is 1.32 bits per heavy atom. The fraction of sp³-hybridized carbons (Fsp3) is 0.375. The van der Waals surface area contributed by atoms with Crippen LogP contribution in [0.5, 0.6) is 0 Å². The van der Waals surface area contributed by atoms with E-state index in [0.717, 1.165) is 5.56 Å². The predicted octanol–water partition coefficient (Wildman–Crippen LogP) is 2.02. The number of amides is 1. The van der Waals surface area contributed by atoms with Gasteiger partial charge in [-0.15, -0.1) is 0 Å². The molecule has 0 saturated carbocycles. The second kappa shape index (κ2) is 8.19. The molecule has 118 valence electrons. The standard InChI is InChI=1S/C16H20N2O4/c1-2-11-21-15(19)14-9-6-10-18(17-14)16(20)22-12-13-7-4-3-5-8-13/h2-5,7-8,14,17H,1,6,9-12H2/t14-/m0/s1. The van der Waals surface area contributed by atoms with E-state index in [1.165, 1.54) is 11.1 Å². The first-order chi connectivity index (χ1) is 10.7. The molecular weight excluding hydrogens is 284 g/mol. The van der Waals surface area contributed by atoms with Gasteiger partial charge in [0.15, 0.2) is 0 Å². The zero-order chi connectivity index (χ0) is 15.8. The number of nitrogens with zero attached hydrogens (tertiary/aromatic N) is 1. The van der Waals surface area contributed by atoms with Crippen molar-refractivity contribution < 1.29 is 19.1 Å². The highest BCUT2D eigenvalue weighted by molar-refractivity contribution is 5.77. The van der Waals surface area contributed by atoms with Gasteiger partial charge in [-0.05, 0) is 18.4 Å². The lowest BCUT2D eigenvalue weighted by atomic mass is 10.1. The molecule has 1 amide bonds. The first-order valence-electron chi connectivity index (χ1n) is 7.22. The summed E-state index contributed by atoms with van der Waals surface area (Å²) in [4.78, 5) is 23.8. The van der Waals surface area contributed by atoms with Crippen LogP contribution >= 0.6 is 0 Å². The van der Waals surface area contributed by atoms with Crippen molar-refractivity contribution in [3.8, 4) is 0 Å². The lowest BCUT2D eigenvalue weighted by molar-refractivity contribution is -0.147. The van der Waals surface area contributed by atoms with Crippen LogP contribution in [0.25, 0.3) is 0 Å². The lowest BCUT2D eigenvalue weighted by Gasteiger charge is -2.31. The fourth-order valence-electron chi connectivity index (χ4n) is 2.12. The van der Waals surface area contributed by atoms with Crippen LogP contribution in [0.3, 0.4) is 0 Å². The highest BCUT2D eigenvalue weighted by Gasteiger charge is 2.29. The van der Waals surface area contributed by atoms with Gasteiger partial charge in [0.1, 0.15) is 19.3 Å². The van der Waals surface area contributed by atoms with Crippen molar-refractivity contribution in [2.45, 2.75) is 25.5 Å². The van der Waals surface area contributed by atoms with Crippen LogP contribution < -0.4 is 5.43 Å². The fourth-order valence-corrected chi connectivity index (χ4v) is 2.12. The number of benzene rings is 1. The molecule has 6 heteroatoms. The van der Waals surface area contributed by atoms with Gasteiger partial charge in [-0.3, -0.25) is 4.79 Å². The third-order valence-corrected chi connectivity index (χ3v) is 3.24. The zero-order valence-electron chi connectivity index (χ0n) is 12.4. The summed E-state index contributed by atoms with van der Waals surface area (Å²) in [5, 5.41) is 1.33. The molecule has 0 bridgehead atoms. The molecule has 0 aromatic heterocycles.